The molecular formula is C16H15FN4O3. The summed E-state index contributed by atoms with van der Waals surface area (Å²) in [5, 5.41) is 13.9. The highest BCUT2D eigenvalue weighted by Crippen LogP contribution is 2.33. The fraction of sp³-hybridized carbons (Fsp3) is 0.250. The van der Waals surface area contributed by atoms with Crippen LogP contribution in [0.4, 0.5) is 15.9 Å². The molecule has 3 rings (SSSR count). The Kier molecular flexibility index (Phi) is 4.11. The molecule has 1 heterocycles. The number of aromatic nitrogens is 1. The third-order valence-corrected chi connectivity index (χ3v) is 4.08. The van der Waals surface area contributed by atoms with Gasteiger partial charge >= 0.3 is 0 Å². The van der Waals surface area contributed by atoms with Gasteiger partial charge < -0.3 is 11.1 Å². The topological polar surface area (TPSA) is 111 Å². The Morgan fingerprint density at radius 2 is 2.21 bits per heavy atom. The van der Waals surface area contributed by atoms with Crippen molar-refractivity contribution in [2.75, 3.05) is 5.32 Å². The van der Waals surface area contributed by atoms with E-state index in [9.17, 15) is 19.3 Å². The van der Waals surface area contributed by atoms with Gasteiger partial charge in [-0.3, -0.25) is 14.9 Å². The maximum Gasteiger partial charge on any atom is 0.288 e. The Morgan fingerprint density at radius 1 is 1.42 bits per heavy atom. The largest absolute Gasteiger partial charge is 0.365 e. The van der Waals surface area contributed by atoms with Crippen molar-refractivity contribution >= 4 is 17.4 Å². The first kappa shape index (κ1) is 15.9. The minimum absolute atomic E-state index is 0.0623. The molecule has 1 aromatic carbocycles. The second kappa shape index (κ2) is 6.23. The van der Waals surface area contributed by atoms with E-state index in [1.165, 1.54) is 12.1 Å². The van der Waals surface area contributed by atoms with E-state index in [1.54, 1.807) is 6.07 Å². The summed E-state index contributed by atoms with van der Waals surface area (Å²) in [7, 11) is 0. The van der Waals surface area contributed by atoms with Gasteiger partial charge in [0.15, 0.2) is 0 Å². The minimum atomic E-state index is -0.816. The van der Waals surface area contributed by atoms with Crippen molar-refractivity contribution in [1.82, 2.24) is 4.98 Å². The molecule has 1 aromatic heterocycles. The van der Waals surface area contributed by atoms with E-state index in [1.807, 2.05) is 0 Å². The SMILES string of the molecule is NC(=O)c1cc([N+](=O)[O-])cnc1NC1CCCc2ccc(F)cc21. The highest BCUT2D eigenvalue weighted by Gasteiger charge is 2.24. The Bertz CT molecular complexity index is 825. The number of nitro groups is 1. The highest BCUT2D eigenvalue weighted by atomic mass is 19.1. The number of hydrogen-bond donors (Lipinski definition) is 2. The van der Waals surface area contributed by atoms with E-state index >= 15 is 0 Å². The fourth-order valence-corrected chi connectivity index (χ4v) is 2.94. The summed E-state index contributed by atoms with van der Waals surface area (Å²) >= 11 is 0. The van der Waals surface area contributed by atoms with Gasteiger partial charge in [0.2, 0.25) is 0 Å². The van der Waals surface area contributed by atoms with Gasteiger partial charge in [-0.15, -0.1) is 0 Å². The number of amides is 1. The van der Waals surface area contributed by atoms with E-state index in [-0.39, 0.29) is 28.9 Å². The molecule has 3 N–H and O–H groups in total. The van der Waals surface area contributed by atoms with E-state index in [0.717, 1.165) is 42.7 Å². The number of hydrogen-bond acceptors (Lipinski definition) is 5. The van der Waals surface area contributed by atoms with Crippen LogP contribution in [0, 0.1) is 15.9 Å². The molecule has 2 aromatic rings. The molecule has 1 unspecified atom stereocenters. The van der Waals surface area contributed by atoms with Crippen LogP contribution in [-0.2, 0) is 6.42 Å². The van der Waals surface area contributed by atoms with Gasteiger partial charge in [0.05, 0.1) is 16.5 Å². The zero-order chi connectivity index (χ0) is 17.3. The Labute approximate surface area is 136 Å². The molecule has 8 heteroatoms. The molecule has 1 aliphatic carbocycles. The summed E-state index contributed by atoms with van der Waals surface area (Å²) in [6, 6.07) is 5.47. The smallest absolute Gasteiger partial charge is 0.288 e. The summed E-state index contributed by atoms with van der Waals surface area (Å²) in [5.74, 6) is -0.992. The van der Waals surface area contributed by atoms with Crippen LogP contribution in [0.2, 0.25) is 0 Å². The maximum atomic E-state index is 13.6. The fourth-order valence-electron chi connectivity index (χ4n) is 2.94. The third kappa shape index (κ3) is 3.03. The van der Waals surface area contributed by atoms with E-state index in [4.69, 9.17) is 5.73 Å². The van der Waals surface area contributed by atoms with Gasteiger partial charge in [-0.05, 0) is 42.5 Å². The zero-order valence-electron chi connectivity index (χ0n) is 12.7. The Hall–Kier alpha value is -3.03. The standard InChI is InChI=1S/C16H15FN4O3/c17-10-5-4-9-2-1-3-14(12(9)6-10)20-16-13(15(18)22)7-11(8-19-16)21(23)24/h4-8,14H,1-3H2,(H2,18,22)(H,19,20). The molecule has 0 radical (unpaired) electrons. The predicted octanol–water partition coefficient (Wildman–Crippen LogP) is 2.72. The number of rotatable bonds is 4. The maximum absolute atomic E-state index is 13.6. The summed E-state index contributed by atoms with van der Waals surface area (Å²) < 4.78 is 13.6. The lowest BCUT2D eigenvalue weighted by Gasteiger charge is -2.27. The van der Waals surface area contributed by atoms with Crippen LogP contribution in [0.15, 0.2) is 30.5 Å². The molecular weight excluding hydrogens is 315 g/mol. The van der Waals surface area contributed by atoms with Crippen molar-refractivity contribution in [3.63, 3.8) is 0 Å². The molecule has 0 saturated heterocycles. The number of carbonyl (C=O) groups is 1. The normalized spacial score (nSPS) is 16.3. The first-order valence-corrected chi connectivity index (χ1v) is 7.45. The van der Waals surface area contributed by atoms with Crippen LogP contribution in [0.5, 0.6) is 0 Å². The lowest BCUT2D eigenvalue weighted by Crippen LogP contribution is -2.21. The lowest BCUT2D eigenvalue weighted by molar-refractivity contribution is -0.385. The number of carbonyl (C=O) groups excluding carboxylic acids is 1. The van der Waals surface area contributed by atoms with E-state index in [0.29, 0.717) is 0 Å². The van der Waals surface area contributed by atoms with Gasteiger partial charge in [-0.1, -0.05) is 6.07 Å². The van der Waals surface area contributed by atoms with Gasteiger partial charge in [0, 0.05) is 6.07 Å². The number of primary amides is 1. The number of nitrogens with two attached hydrogens (primary N) is 1. The molecule has 124 valence electrons. The molecule has 1 amide bonds. The average molecular weight is 330 g/mol. The molecule has 0 saturated carbocycles. The first-order valence-electron chi connectivity index (χ1n) is 7.45. The van der Waals surface area contributed by atoms with Crippen LogP contribution >= 0.6 is 0 Å². The van der Waals surface area contributed by atoms with Crippen LogP contribution in [0.25, 0.3) is 0 Å². The monoisotopic (exact) mass is 330 g/mol. The number of anilines is 1. The number of nitrogens with one attached hydrogen (secondary N) is 1. The van der Waals surface area contributed by atoms with Crippen molar-refractivity contribution in [1.29, 1.82) is 0 Å². The molecule has 0 aliphatic heterocycles. The second-order valence-corrected chi connectivity index (χ2v) is 5.64. The number of fused-ring (bicyclic) bond motifs is 1. The van der Waals surface area contributed by atoms with Crippen molar-refractivity contribution in [3.8, 4) is 0 Å². The van der Waals surface area contributed by atoms with Crippen molar-refractivity contribution in [2.24, 2.45) is 5.73 Å². The summed E-state index contributed by atoms with van der Waals surface area (Å²) in [5.41, 5.74) is 6.76. The predicted molar refractivity (Wildman–Crippen MR) is 85.1 cm³/mol. The quantitative estimate of drug-likeness (QED) is 0.661. The number of benzene rings is 1. The molecule has 1 atom stereocenters. The van der Waals surface area contributed by atoms with Crippen molar-refractivity contribution < 1.29 is 14.1 Å². The van der Waals surface area contributed by atoms with Crippen LogP contribution in [0.1, 0.15) is 40.4 Å². The van der Waals surface area contributed by atoms with E-state index < -0.39 is 10.8 Å². The lowest BCUT2D eigenvalue weighted by atomic mass is 9.87. The number of nitrogens with zero attached hydrogens (tertiary/aromatic N) is 2. The van der Waals surface area contributed by atoms with Crippen LogP contribution in [0.3, 0.4) is 0 Å². The second-order valence-electron chi connectivity index (χ2n) is 5.64. The molecule has 24 heavy (non-hydrogen) atoms. The molecule has 0 fully saturated rings. The van der Waals surface area contributed by atoms with Gasteiger partial charge in [-0.2, -0.15) is 0 Å². The van der Waals surface area contributed by atoms with Gasteiger partial charge in [0.25, 0.3) is 11.6 Å². The molecule has 1 aliphatic rings. The molecule has 0 bridgehead atoms. The highest BCUT2D eigenvalue weighted by molar-refractivity contribution is 5.98. The third-order valence-electron chi connectivity index (χ3n) is 4.08. The molecule has 0 spiro atoms. The number of halogens is 1. The van der Waals surface area contributed by atoms with Gasteiger partial charge in [-0.25, -0.2) is 9.37 Å². The van der Waals surface area contributed by atoms with Crippen LogP contribution in [-0.4, -0.2) is 15.8 Å². The van der Waals surface area contributed by atoms with Gasteiger partial charge in [0.1, 0.15) is 17.8 Å². The Morgan fingerprint density at radius 3 is 2.92 bits per heavy atom. The van der Waals surface area contributed by atoms with E-state index in [2.05, 4.69) is 10.3 Å². The number of aryl methyl sites for hydroxylation is 1. The van der Waals surface area contributed by atoms with Crippen molar-refractivity contribution in [2.45, 2.75) is 25.3 Å². The first-order chi connectivity index (χ1) is 11.5. The molecule has 7 nitrogen and oxygen atoms in total. The zero-order valence-corrected chi connectivity index (χ0v) is 12.7. The summed E-state index contributed by atoms with van der Waals surface area (Å²) in [4.78, 5) is 25.7. The van der Waals surface area contributed by atoms with Crippen LogP contribution < -0.4 is 11.1 Å². The van der Waals surface area contributed by atoms with Crippen molar-refractivity contribution in [3.05, 3.63) is 63.1 Å². The average Bonchev–Trinajstić information content (AvgIpc) is 2.55. The summed E-state index contributed by atoms with van der Waals surface area (Å²) in [6.45, 7) is 0. The number of pyridine rings is 1. The minimum Gasteiger partial charge on any atom is -0.365 e. The summed E-state index contributed by atoms with van der Waals surface area (Å²) in [6.07, 6.45) is 3.54. The Balaban J connectivity index is 1.96.